The number of hydrogen-bond acceptors (Lipinski definition) is 5. The number of aromatic nitrogens is 1. The molecule has 1 atom stereocenters. The Morgan fingerprint density at radius 3 is 2.85 bits per heavy atom. The van der Waals surface area contributed by atoms with Gasteiger partial charge in [-0.2, -0.15) is 0 Å². The van der Waals surface area contributed by atoms with Crippen molar-refractivity contribution in [2.75, 3.05) is 32.6 Å². The van der Waals surface area contributed by atoms with E-state index >= 15 is 0 Å². The van der Waals surface area contributed by atoms with Crippen LogP contribution in [0.4, 0.5) is 5.82 Å². The summed E-state index contributed by atoms with van der Waals surface area (Å²) in [5, 5.41) is 3.59. The summed E-state index contributed by atoms with van der Waals surface area (Å²) in [6.07, 6.45) is 4.50. The summed E-state index contributed by atoms with van der Waals surface area (Å²) in [4.78, 5) is 4.22. The Labute approximate surface area is 120 Å². The van der Waals surface area contributed by atoms with E-state index in [0.29, 0.717) is 5.82 Å². The van der Waals surface area contributed by atoms with E-state index in [4.69, 9.17) is 15.2 Å². The van der Waals surface area contributed by atoms with Gasteiger partial charge in [-0.05, 0) is 19.0 Å². The zero-order valence-electron chi connectivity index (χ0n) is 12.4. The first-order chi connectivity index (χ1) is 9.73. The van der Waals surface area contributed by atoms with Gasteiger partial charge in [0.1, 0.15) is 5.82 Å². The van der Waals surface area contributed by atoms with Crippen LogP contribution >= 0.6 is 0 Å². The third kappa shape index (κ3) is 3.11. The predicted octanol–water partition coefficient (Wildman–Crippen LogP) is 1.90. The van der Waals surface area contributed by atoms with Crippen molar-refractivity contribution in [2.45, 2.75) is 37.8 Å². The number of nitrogens with two attached hydrogens (primary N) is 1. The zero-order valence-corrected chi connectivity index (χ0v) is 12.4. The Balaban J connectivity index is 2.33. The topological polar surface area (TPSA) is 69.4 Å². The molecule has 0 spiro atoms. The van der Waals surface area contributed by atoms with E-state index in [0.717, 1.165) is 44.6 Å². The van der Waals surface area contributed by atoms with Crippen molar-refractivity contribution in [3.63, 3.8) is 0 Å². The van der Waals surface area contributed by atoms with Gasteiger partial charge in [0.2, 0.25) is 0 Å². The molecule has 0 amide bonds. The highest BCUT2D eigenvalue weighted by Crippen LogP contribution is 2.38. The predicted molar refractivity (Wildman–Crippen MR) is 79.5 cm³/mol. The van der Waals surface area contributed by atoms with Crippen LogP contribution in [0.15, 0.2) is 18.3 Å². The van der Waals surface area contributed by atoms with Gasteiger partial charge < -0.3 is 20.5 Å². The molecular weight excluding hydrogens is 254 g/mol. The van der Waals surface area contributed by atoms with Gasteiger partial charge in [-0.1, -0.05) is 13.0 Å². The fraction of sp³-hybridized carbons (Fsp3) is 0.667. The molecule has 1 aromatic rings. The first-order valence-electron chi connectivity index (χ1n) is 7.30. The Morgan fingerprint density at radius 1 is 1.50 bits per heavy atom. The zero-order chi connectivity index (χ0) is 14.4. The number of pyridine rings is 1. The smallest absolute Gasteiger partial charge is 0.128 e. The second-order valence-electron chi connectivity index (χ2n) is 5.25. The van der Waals surface area contributed by atoms with Crippen LogP contribution in [0.1, 0.15) is 37.8 Å². The minimum atomic E-state index is -0.273. The number of nitrogens with one attached hydrogen (secondary N) is 1. The molecular formula is C15H25N3O2. The fourth-order valence-corrected chi connectivity index (χ4v) is 2.87. The van der Waals surface area contributed by atoms with Crippen molar-refractivity contribution in [1.29, 1.82) is 0 Å². The number of methoxy groups -OCH3 is 1. The molecule has 1 unspecified atom stereocenters. The van der Waals surface area contributed by atoms with E-state index in [1.165, 1.54) is 0 Å². The number of hydrogen-bond donors (Lipinski definition) is 2. The maximum absolute atomic E-state index is 6.08. The monoisotopic (exact) mass is 279 g/mol. The van der Waals surface area contributed by atoms with Gasteiger partial charge in [0.15, 0.2) is 0 Å². The number of nitrogen functional groups attached to an aromatic ring is 1. The maximum Gasteiger partial charge on any atom is 0.128 e. The minimum Gasteiger partial charge on any atom is -0.383 e. The van der Waals surface area contributed by atoms with Gasteiger partial charge in [-0.15, -0.1) is 0 Å². The molecule has 1 fully saturated rings. The average Bonchev–Trinajstić information content (AvgIpc) is 2.50. The highest BCUT2D eigenvalue weighted by atomic mass is 16.5. The first kappa shape index (κ1) is 15.2. The summed E-state index contributed by atoms with van der Waals surface area (Å²) in [7, 11) is 1.78. The molecule has 5 heteroatoms. The molecule has 112 valence electrons. The molecule has 1 aromatic heterocycles. The van der Waals surface area contributed by atoms with Gasteiger partial charge >= 0.3 is 0 Å². The molecule has 3 N–H and O–H groups in total. The van der Waals surface area contributed by atoms with E-state index in [9.17, 15) is 0 Å². The number of anilines is 1. The first-order valence-corrected chi connectivity index (χ1v) is 7.30. The van der Waals surface area contributed by atoms with E-state index in [1.54, 1.807) is 13.3 Å². The van der Waals surface area contributed by atoms with Crippen molar-refractivity contribution in [2.24, 2.45) is 0 Å². The van der Waals surface area contributed by atoms with Gasteiger partial charge in [0.05, 0.1) is 11.6 Å². The lowest BCUT2D eigenvalue weighted by atomic mass is 9.82. The fourth-order valence-electron chi connectivity index (χ4n) is 2.87. The molecule has 0 saturated carbocycles. The lowest BCUT2D eigenvalue weighted by Crippen LogP contribution is -2.49. The van der Waals surface area contributed by atoms with Crippen molar-refractivity contribution >= 4 is 5.82 Å². The molecule has 0 aliphatic carbocycles. The highest BCUT2D eigenvalue weighted by Gasteiger charge is 2.42. The molecule has 0 radical (unpaired) electrons. The summed E-state index contributed by atoms with van der Waals surface area (Å²) < 4.78 is 11.4. The average molecular weight is 279 g/mol. The van der Waals surface area contributed by atoms with Crippen molar-refractivity contribution in [3.8, 4) is 0 Å². The quantitative estimate of drug-likeness (QED) is 0.832. The molecule has 5 nitrogen and oxygen atoms in total. The van der Waals surface area contributed by atoms with Crippen LogP contribution in [-0.4, -0.2) is 37.5 Å². The van der Waals surface area contributed by atoms with Crippen LogP contribution in [0.25, 0.3) is 0 Å². The molecule has 1 aliphatic rings. The Bertz CT molecular complexity index is 419. The van der Waals surface area contributed by atoms with E-state index < -0.39 is 0 Å². The molecule has 0 bridgehead atoms. The van der Waals surface area contributed by atoms with E-state index in [-0.39, 0.29) is 11.6 Å². The van der Waals surface area contributed by atoms with Crippen LogP contribution in [0.3, 0.4) is 0 Å². The lowest BCUT2D eigenvalue weighted by Gasteiger charge is -2.43. The summed E-state index contributed by atoms with van der Waals surface area (Å²) in [6, 6.07) is 4.01. The second kappa shape index (κ2) is 7.02. The summed E-state index contributed by atoms with van der Waals surface area (Å²) in [5.74, 6) is 0.573. The van der Waals surface area contributed by atoms with Crippen LogP contribution < -0.4 is 11.1 Å². The SMILES string of the molecule is CCCNC(c1cccnc1N)C1(OC)CCOCC1. The highest BCUT2D eigenvalue weighted by molar-refractivity contribution is 5.42. The number of rotatable bonds is 6. The Hall–Kier alpha value is -1.17. The number of nitrogens with zero attached hydrogens (tertiary/aromatic N) is 1. The third-order valence-electron chi connectivity index (χ3n) is 4.05. The molecule has 2 heterocycles. The van der Waals surface area contributed by atoms with Gasteiger partial charge in [0.25, 0.3) is 0 Å². The van der Waals surface area contributed by atoms with Gasteiger partial charge in [0, 0.05) is 44.9 Å². The van der Waals surface area contributed by atoms with Crippen LogP contribution in [0, 0.1) is 0 Å². The van der Waals surface area contributed by atoms with Gasteiger partial charge in [-0.25, -0.2) is 4.98 Å². The van der Waals surface area contributed by atoms with Crippen molar-refractivity contribution < 1.29 is 9.47 Å². The van der Waals surface area contributed by atoms with Crippen molar-refractivity contribution in [3.05, 3.63) is 23.9 Å². The van der Waals surface area contributed by atoms with Crippen LogP contribution in [0.2, 0.25) is 0 Å². The Morgan fingerprint density at radius 2 is 2.25 bits per heavy atom. The van der Waals surface area contributed by atoms with E-state index in [1.807, 2.05) is 12.1 Å². The molecule has 0 aromatic carbocycles. The Kier molecular flexibility index (Phi) is 5.34. The second-order valence-corrected chi connectivity index (χ2v) is 5.25. The van der Waals surface area contributed by atoms with Crippen LogP contribution in [0.5, 0.6) is 0 Å². The lowest BCUT2D eigenvalue weighted by molar-refractivity contribution is -0.111. The molecule has 20 heavy (non-hydrogen) atoms. The summed E-state index contributed by atoms with van der Waals surface area (Å²) in [5.41, 5.74) is 6.82. The normalized spacial score (nSPS) is 19.7. The van der Waals surface area contributed by atoms with E-state index in [2.05, 4.69) is 17.2 Å². The largest absolute Gasteiger partial charge is 0.383 e. The summed E-state index contributed by atoms with van der Waals surface area (Å²) in [6.45, 7) is 4.52. The van der Waals surface area contributed by atoms with Gasteiger partial charge in [-0.3, -0.25) is 0 Å². The molecule has 2 rings (SSSR count). The maximum atomic E-state index is 6.08. The number of ether oxygens (including phenoxy) is 2. The third-order valence-corrected chi connectivity index (χ3v) is 4.05. The van der Waals surface area contributed by atoms with Crippen LogP contribution in [-0.2, 0) is 9.47 Å². The molecule has 1 aliphatic heterocycles. The summed E-state index contributed by atoms with van der Waals surface area (Å²) >= 11 is 0. The van der Waals surface area contributed by atoms with Crippen molar-refractivity contribution in [1.82, 2.24) is 10.3 Å². The standard InChI is InChI=1S/C15H25N3O2/c1-3-8-17-13(12-5-4-9-18-14(12)16)15(19-2)6-10-20-11-7-15/h4-5,9,13,17H,3,6-8,10-11H2,1-2H3,(H2,16,18). The minimum absolute atomic E-state index is 0.0463. The molecule has 1 saturated heterocycles.